The third-order valence-corrected chi connectivity index (χ3v) is 3.00. The molecule has 5 heteroatoms. The molecule has 1 aliphatic carbocycles. The molecule has 0 saturated heterocycles. The SMILES string of the molecule is CC(C)n1nnc2c1C(F)(F)CCCCC2. The van der Waals surface area contributed by atoms with Crippen molar-refractivity contribution in [2.75, 3.05) is 0 Å². The van der Waals surface area contributed by atoms with Crippen LogP contribution in [0.25, 0.3) is 0 Å². The summed E-state index contributed by atoms with van der Waals surface area (Å²) in [5, 5.41) is 7.77. The molecule has 0 saturated carbocycles. The quantitative estimate of drug-likeness (QED) is 0.741. The minimum atomic E-state index is -2.77. The standard InChI is InChI=1S/C11H17F2N3/c1-8(2)16-10-9(14-15-16)6-4-3-5-7-11(10,12)13/h8H,3-7H2,1-2H3. The van der Waals surface area contributed by atoms with Crippen molar-refractivity contribution >= 4 is 0 Å². The van der Waals surface area contributed by atoms with Crippen molar-refractivity contribution in [3.63, 3.8) is 0 Å². The summed E-state index contributed by atoms with van der Waals surface area (Å²) in [4.78, 5) is 0. The number of rotatable bonds is 1. The van der Waals surface area contributed by atoms with Gasteiger partial charge in [0.15, 0.2) is 0 Å². The average Bonchev–Trinajstić information content (AvgIpc) is 2.59. The van der Waals surface area contributed by atoms with Crippen molar-refractivity contribution in [3.05, 3.63) is 11.4 Å². The Balaban J connectivity index is 2.48. The molecule has 1 aromatic heterocycles. The molecule has 3 nitrogen and oxygen atoms in total. The van der Waals surface area contributed by atoms with Gasteiger partial charge < -0.3 is 0 Å². The number of hydrogen-bond acceptors (Lipinski definition) is 2. The van der Waals surface area contributed by atoms with Crippen LogP contribution in [0.15, 0.2) is 0 Å². The molecule has 16 heavy (non-hydrogen) atoms. The van der Waals surface area contributed by atoms with Crippen molar-refractivity contribution in [2.24, 2.45) is 0 Å². The van der Waals surface area contributed by atoms with Gasteiger partial charge in [-0.1, -0.05) is 11.6 Å². The average molecular weight is 229 g/mol. The van der Waals surface area contributed by atoms with Gasteiger partial charge >= 0.3 is 0 Å². The second kappa shape index (κ2) is 4.11. The van der Waals surface area contributed by atoms with Crippen molar-refractivity contribution in [3.8, 4) is 0 Å². The van der Waals surface area contributed by atoms with Gasteiger partial charge in [0.05, 0.1) is 5.69 Å². The van der Waals surface area contributed by atoms with Crippen LogP contribution in [0.3, 0.4) is 0 Å². The summed E-state index contributed by atoms with van der Waals surface area (Å²) in [5.74, 6) is -2.77. The van der Waals surface area contributed by atoms with Gasteiger partial charge in [0.2, 0.25) is 0 Å². The molecule has 0 amide bonds. The van der Waals surface area contributed by atoms with Crippen LogP contribution in [0.1, 0.15) is 57.0 Å². The van der Waals surface area contributed by atoms with E-state index in [0.29, 0.717) is 18.5 Å². The van der Waals surface area contributed by atoms with Crippen LogP contribution in [0.2, 0.25) is 0 Å². The number of aryl methyl sites for hydroxylation is 1. The van der Waals surface area contributed by atoms with Crippen molar-refractivity contribution in [2.45, 2.75) is 57.9 Å². The molecule has 1 aromatic rings. The Labute approximate surface area is 93.8 Å². The maximum Gasteiger partial charge on any atom is 0.291 e. The summed E-state index contributed by atoms with van der Waals surface area (Å²) in [7, 11) is 0. The van der Waals surface area contributed by atoms with Crippen LogP contribution >= 0.6 is 0 Å². The fourth-order valence-electron chi connectivity index (χ4n) is 2.17. The topological polar surface area (TPSA) is 30.7 Å². The van der Waals surface area contributed by atoms with Gasteiger partial charge in [-0.3, -0.25) is 0 Å². The predicted molar refractivity (Wildman–Crippen MR) is 56.5 cm³/mol. The van der Waals surface area contributed by atoms with Gasteiger partial charge in [0.25, 0.3) is 5.92 Å². The maximum absolute atomic E-state index is 14.0. The van der Waals surface area contributed by atoms with Crippen LogP contribution in [-0.4, -0.2) is 15.0 Å². The number of halogens is 2. The zero-order valence-electron chi connectivity index (χ0n) is 9.71. The molecule has 1 aliphatic rings. The Kier molecular flexibility index (Phi) is 2.95. The first-order chi connectivity index (χ1) is 7.52. The van der Waals surface area contributed by atoms with E-state index in [9.17, 15) is 8.78 Å². The van der Waals surface area contributed by atoms with E-state index >= 15 is 0 Å². The first-order valence-corrected chi connectivity index (χ1v) is 5.85. The Morgan fingerprint density at radius 1 is 1.25 bits per heavy atom. The summed E-state index contributed by atoms with van der Waals surface area (Å²) < 4.78 is 29.4. The summed E-state index contributed by atoms with van der Waals surface area (Å²) in [6, 6.07) is -0.0680. The number of nitrogens with zero attached hydrogens (tertiary/aromatic N) is 3. The van der Waals surface area contributed by atoms with Crippen LogP contribution in [-0.2, 0) is 12.3 Å². The third kappa shape index (κ3) is 1.95. The number of fused-ring (bicyclic) bond motifs is 1. The van der Waals surface area contributed by atoms with Gasteiger partial charge in [-0.25, -0.2) is 4.68 Å². The molecule has 0 aromatic carbocycles. The van der Waals surface area contributed by atoms with Crippen LogP contribution in [0, 0.1) is 0 Å². The van der Waals surface area contributed by atoms with Gasteiger partial charge in [-0.2, -0.15) is 8.78 Å². The zero-order chi connectivity index (χ0) is 11.8. The normalized spacial score (nSPS) is 20.3. The molecule has 0 spiro atoms. The van der Waals surface area contributed by atoms with E-state index in [2.05, 4.69) is 10.3 Å². The second-order valence-electron chi connectivity index (χ2n) is 4.69. The highest BCUT2D eigenvalue weighted by molar-refractivity contribution is 5.18. The lowest BCUT2D eigenvalue weighted by Crippen LogP contribution is -2.23. The van der Waals surface area contributed by atoms with Crippen molar-refractivity contribution < 1.29 is 8.78 Å². The highest BCUT2D eigenvalue weighted by atomic mass is 19.3. The van der Waals surface area contributed by atoms with Crippen LogP contribution < -0.4 is 0 Å². The number of alkyl halides is 2. The Morgan fingerprint density at radius 3 is 2.69 bits per heavy atom. The Bertz CT molecular complexity index is 371. The fraction of sp³-hybridized carbons (Fsp3) is 0.818. The van der Waals surface area contributed by atoms with Crippen molar-refractivity contribution in [1.82, 2.24) is 15.0 Å². The van der Waals surface area contributed by atoms with E-state index in [1.54, 1.807) is 0 Å². The monoisotopic (exact) mass is 229 g/mol. The molecule has 0 unspecified atom stereocenters. The molecular formula is C11H17F2N3. The lowest BCUT2D eigenvalue weighted by atomic mass is 9.98. The highest BCUT2D eigenvalue weighted by Gasteiger charge is 2.39. The van der Waals surface area contributed by atoms with Crippen molar-refractivity contribution in [1.29, 1.82) is 0 Å². The lowest BCUT2D eigenvalue weighted by Gasteiger charge is -2.22. The molecule has 0 bridgehead atoms. The Hall–Kier alpha value is -1.00. The van der Waals surface area contributed by atoms with Gasteiger partial charge in [-0.15, -0.1) is 5.10 Å². The lowest BCUT2D eigenvalue weighted by molar-refractivity contribution is -0.0277. The molecule has 90 valence electrons. The van der Waals surface area contributed by atoms with E-state index in [-0.39, 0.29) is 18.2 Å². The highest BCUT2D eigenvalue weighted by Crippen LogP contribution is 2.38. The van der Waals surface area contributed by atoms with E-state index in [0.717, 1.165) is 12.8 Å². The second-order valence-corrected chi connectivity index (χ2v) is 4.69. The zero-order valence-corrected chi connectivity index (χ0v) is 9.71. The first kappa shape index (κ1) is 11.5. The minimum Gasteiger partial charge on any atom is -0.240 e. The van der Waals surface area contributed by atoms with Crippen LogP contribution in [0.5, 0.6) is 0 Å². The molecule has 0 N–H and O–H groups in total. The maximum atomic E-state index is 14.0. The number of aromatic nitrogens is 3. The predicted octanol–water partition coefficient (Wildman–Crippen LogP) is 3.07. The molecule has 0 fully saturated rings. The van der Waals surface area contributed by atoms with E-state index in [1.807, 2.05) is 13.8 Å². The molecule has 0 aliphatic heterocycles. The van der Waals surface area contributed by atoms with Crippen LogP contribution in [0.4, 0.5) is 8.78 Å². The Morgan fingerprint density at radius 2 is 2.00 bits per heavy atom. The molecule has 1 heterocycles. The van der Waals surface area contributed by atoms with E-state index in [4.69, 9.17) is 0 Å². The van der Waals surface area contributed by atoms with Gasteiger partial charge in [0.1, 0.15) is 5.69 Å². The van der Waals surface area contributed by atoms with E-state index in [1.165, 1.54) is 4.68 Å². The summed E-state index contributed by atoms with van der Waals surface area (Å²) >= 11 is 0. The molecular weight excluding hydrogens is 212 g/mol. The molecule has 0 radical (unpaired) electrons. The van der Waals surface area contributed by atoms with Gasteiger partial charge in [0, 0.05) is 12.5 Å². The third-order valence-electron chi connectivity index (χ3n) is 3.00. The molecule has 2 rings (SSSR count). The van der Waals surface area contributed by atoms with E-state index < -0.39 is 5.92 Å². The summed E-state index contributed by atoms with van der Waals surface area (Å²) in [5.41, 5.74) is 0.528. The summed E-state index contributed by atoms with van der Waals surface area (Å²) in [6.45, 7) is 3.70. The largest absolute Gasteiger partial charge is 0.291 e. The smallest absolute Gasteiger partial charge is 0.240 e. The number of hydrogen-bond donors (Lipinski definition) is 0. The fourth-order valence-corrected chi connectivity index (χ4v) is 2.17. The minimum absolute atomic E-state index is 0.0437. The molecule has 0 atom stereocenters. The first-order valence-electron chi connectivity index (χ1n) is 5.85. The van der Waals surface area contributed by atoms with Gasteiger partial charge in [-0.05, 0) is 33.1 Å². The summed E-state index contributed by atoms with van der Waals surface area (Å²) in [6.07, 6.45) is 2.90.